The van der Waals surface area contributed by atoms with E-state index >= 15 is 0 Å². The van der Waals surface area contributed by atoms with E-state index in [1.807, 2.05) is 95.6 Å². The number of rotatable bonds is 4. The van der Waals surface area contributed by atoms with E-state index in [0.717, 1.165) is 64.3 Å². The molecule has 11 rings (SSSR count). The minimum absolute atomic E-state index is 0.000793. The molecule has 0 radical (unpaired) electrons. The van der Waals surface area contributed by atoms with E-state index in [0.29, 0.717) is 16.5 Å². The maximum absolute atomic E-state index is 9.36. The van der Waals surface area contributed by atoms with Gasteiger partial charge in [-0.15, -0.1) is 11.3 Å². The average molecular weight is 680 g/mol. The minimum atomic E-state index is -0.625. The van der Waals surface area contributed by atoms with Crippen molar-refractivity contribution >= 4 is 75.1 Å². The molecule has 3 heteroatoms. The highest BCUT2D eigenvalue weighted by Crippen LogP contribution is 2.43. The maximum Gasteiger partial charge on any atom is 0.0645 e. The number of para-hydroxylation sites is 3. The van der Waals surface area contributed by atoms with Crippen LogP contribution in [0.5, 0.6) is 0 Å². The SMILES string of the molecule is [2H]c1c([2H])c([2H])c(-c2c([2H])c([2H])c([2H])c(-c3ccc4sc5cccc(-n6c7ccccc7c7cc(-n8c9ccccc9c9c([2H])c([2H])c([2H])c([2H])c98)ccc76)c5c4c3)c2[2H])c([2H])c1[2H]. The molecule has 0 spiro atoms. The Morgan fingerprint density at radius 2 is 1.12 bits per heavy atom. The topological polar surface area (TPSA) is 9.86 Å². The highest BCUT2D eigenvalue weighted by molar-refractivity contribution is 7.25. The lowest BCUT2D eigenvalue weighted by atomic mass is 9.98. The van der Waals surface area contributed by atoms with Crippen LogP contribution in [0.4, 0.5) is 0 Å². The quantitative estimate of drug-likeness (QED) is 0.175. The van der Waals surface area contributed by atoms with Crippen LogP contribution in [-0.4, -0.2) is 9.13 Å². The van der Waals surface area contributed by atoms with Gasteiger partial charge < -0.3 is 9.13 Å². The number of aromatic nitrogens is 2. The smallest absolute Gasteiger partial charge is 0.0645 e. The summed E-state index contributed by atoms with van der Waals surface area (Å²) in [5, 5.41) is 4.73. The van der Waals surface area contributed by atoms with E-state index in [1.54, 1.807) is 17.4 Å². The molecule has 0 saturated heterocycles. The van der Waals surface area contributed by atoms with Crippen LogP contribution in [0.25, 0.3) is 97.4 Å². The number of nitrogens with zero attached hydrogens (tertiary/aromatic N) is 2. The predicted molar refractivity (Wildman–Crippen MR) is 219 cm³/mol. The van der Waals surface area contributed by atoms with E-state index < -0.39 is 42.3 Å². The Balaban J connectivity index is 1.15. The average Bonchev–Trinajstić information content (AvgIpc) is 3.97. The fourth-order valence-electron chi connectivity index (χ4n) is 7.43. The Bertz CT molecular complexity index is 3870. The molecule has 11 aromatic rings. The third-order valence-corrected chi connectivity index (χ3v) is 10.7. The molecule has 0 bridgehead atoms. The fourth-order valence-corrected chi connectivity index (χ4v) is 8.54. The van der Waals surface area contributed by atoms with Crippen LogP contribution >= 0.6 is 11.3 Å². The summed E-state index contributed by atoms with van der Waals surface area (Å²) >= 11 is 1.57. The normalized spacial score (nSPS) is 15.5. The molecule has 8 aromatic carbocycles. The Kier molecular flexibility index (Phi) is 4.01. The van der Waals surface area contributed by atoms with Crippen molar-refractivity contribution in [2.45, 2.75) is 0 Å². The van der Waals surface area contributed by atoms with Crippen molar-refractivity contribution < 1.29 is 17.8 Å². The summed E-state index contributed by atoms with van der Waals surface area (Å²) in [5.41, 5.74) is 4.24. The molecule has 238 valence electrons. The molecular weight excluding hydrogens is 637 g/mol. The maximum atomic E-state index is 9.36. The van der Waals surface area contributed by atoms with Gasteiger partial charge in [0.1, 0.15) is 0 Å². The van der Waals surface area contributed by atoms with Gasteiger partial charge in [-0.25, -0.2) is 0 Å². The molecule has 0 atom stereocenters. The minimum Gasteiger partial charge on any atom is -0.309 e. The zero-order valence-corrected chi connectivity index (χ0v) is 27.4. The molecule has 0 saturated carbocycles. The molecule has 0 amide bonds. The van der Waals surface area contributed by atoms with E-state index in [1.165, 1.54) is 0 Å². The van der Waals surface area contributed by atoms with Crippen LogP contribution in [0.3, 0.4) is 0 Å². The Morgan fingerprint density at radius 1 is 0.412 bits per heavy atom. The van der Waals surface area contributed by atoms with Crippen molar-refractivity contribution in [3.8, 4) is 33.6 Å². The highest BCUT2D eigenvalue weighted by atomic mass is 32.1. The van der Waals surface area contributed by atoms with E-state index in [-0.39, 0.29) is 52.9 Å². The van der Waals surface area contributed by atoms with Gasteiger partial charge in [-0.05, 0) is 88.9 Å². The zero-order valence-electron chi connectivity index (χ0n) is 39.6. The van der Waals surface area contributed by atoms with E-state index in [9.17, 15) is 1.37 Å². The van der Waals surface area contributed by atoms with Crippen molar-refractivity contribution in [2.24, 2.45) is 0 Å². The van der Waals surface area contributed by atoms with Crippen molar-refractivity contribution in [3.63, 3.8) is 0 Å². The third-order valence-electron chi connectivity index (χ3n) is 9.60. The van der Waals surface area contributed by atoms with Gasteiger partial charge in [-0.3, -0.25) is 0 Å². The second-order valence-corrected chi connectivity index (χ2v) is 13.4. The van der Waals surface area contributed by atoms with Gasteiger partial charge in [0.15, 0.2) is 0 Å². The number of hydrogen-bond donors (Lipinski definition) is 0. The molecule has 51 heavy (non-hydrogen) atoms. The largest absolute Gasteiger partial charge is 0.309 e. The number of benzene rings is 8. The molecule has 0 N–H and O–H groups in total. The van der Waals surface area contributed by atoms with Gasteiger partial charge in [0.25, 0.3) is 0 Å². The molecule has 0 aliphatic rings. The van der Waals surface area contributed by atoms with Crippen LogP contribution in [0, 0.1) is 0 Å². The van der Waals surface area contributed by atoms with Gasteiger partial charge in [0, 0.05) is 47.4 Å². The van der Waals surface area contributed by atoms with Gasteiger partial charge >= 0.3 is 0 Å². The molecule has 3 heterocycles. The van der Waals surface area contributed by atoms with Crippen LogP contribution in [0.15, 0.2) is 182 Å². The van der Waals surface area contributed by atoms with Crippen molar-refractivity contribution in [2.75, 3.05) is 0 Å². The van der Waals surface area contributed by atoms with Crippen LogP contribution in [-0.2, 0) is 0 Å². The first-order valence-corrected chi connectivity index (χ1v) is 17.2. The van der Waals surface area contributed by atoms with Crippen LogP contribution < -0.4 is 0 Å². The second-order valence-electron chi connectivity index (χ2n) is 12.3. The van der Waals surface area contributed by atoms with E-state index in [2.05, 4.69) is 10.6 Å². The summed E-state index contributed by atoms with van der Waals surface area (Å²) in [6, 6.07) is 27.4. The summed E-state index contributed by atoms with van der Waals surface area (Å²) in [4.78, 5) is 0. The third kappa shape index (κ3) is 4.29. The standard InChI is InChI=1S/C48H30N2S/c1-2-12-31(13-3-1)32-14-10-15-33(28-32)34-24-27-46-40(29-34)48-45(22-11-23-47(48)51-46)50-43-21-9-6-18-38(43)39-30-35(25-26-44(39)50)49-41-19-7-4-16-36(41)37-17-5-8-20-42(37)49/h1-30H/i1D,2D,3D,4D,7D,10D,12D,13D,14D,15D,16D,19D,28D. The fraction of sp³-hybridized carbons (Fsp3) is 0. The van der Waals surface area contributed by atoms with Crippen molar-refractivity contribution in [1.82, 2.24) is 9.13 Å². The molecular formula is C48H30N2S. The van der Waals surface area contributed by atoms with Gasteiger partial charge in [0.05, 0.1) is 45.6 Å². The van der Waals surface area contributed by atoms with Crippen molar-refractivity contribution in [3.05, 3.63) is 182 Å². The summed E-state index contributed by atoms with van der Waals surface area (Å²) in [7, 11) is 0. The lowest BCUT2D eigenvalue weighted by molar-refractivity contribution is 1.17. The Hall–Kier alpha value is -6.42. The lowest BCUT2D eigenvalue weighted by Crippen LogP contribution is -1.96. The number of thiophene rings is 1. The molecule has 2 nitrogen and oxygen atoms in total. The Labute approximate surface area is 316 Å². The molecule has 0 unspecified atom stereocenters. The van der Waals surface area contributed by atoms with E-state index in [4.69, 9.17) is 16.4 Å². The Morgan fingerprint density at radius 3 is 1.98 bits per heavy atom. The van der Waals surface area contributed by atoms with Crippen LogP contribution in [0.1, 0.15) is 17.8 Å². The molecule has 0 aliphatic heterocycles. The summed E-state index contributed by atoms with van der Waals surface area (Å²) in [6.07, 6.45) is 0. The summed E-state index contributed by atoms with van der Waals surface area (Å²) < 4.78 is 119. The summed E-state index contributed by atoms with van der Waals surface area (Å²) in [6.45, 7) is 0. The first-order valence-electron chi connectivity index (χ1n) is 22.9. The number of fused-ring (bicyclic) bond motifs is 9. The van der Waals surface area contributed by atoms with Crippen molar-refractivity contribution in [1.29, 1.82) is 0 Å². The zero-order chi connectivity index (χ0) is 44.8. The van der Waals surface area contributed by atoms with Gasteiger partial charge in [0.2, 0.25) is 0 Å². The molecule has 3 aromatic heterocycles. The lowest BCUT2D eigenvalue weighted by Gasteiger charge is -2.12. The molecule has 0 fully saturated rings. The second kappa shape index (κ2) is 11.0. The van der Waals surface area contributed by atoms with Gasteiger partial charge in [-0.2, -0.15) is 0 Å². The molecule has 0 aliphatic carbocycles. The van der Waals surface area contributed by atoms with Gasteiger partial charge in [-0.1, -0.05) is 115 Å². The summed E-state index contributed by atoms with van der Waals surface area (Å²) in [5.74, 6) is 0. The predicted octanol–water partition coefficient (Wildman–Crippen LogP) is 13.6. The monoisotopic (exact) mass is 679 g/mol. The number of hydrogen-bond acceptors (Lipinski definition) is 1. The highest BCUT2D eigenvalue weighted by Gasteiger charge is 2.19. The first-order chi connectivity index (χ1) is 30.7. The first kappa shape index (κ1) is 18.5. The van der Waals surface area contributed by atoms with Crippen LogP contribution in [0.2, 0.25) is 0 Å².